The smallest absolute Gasteiger partial charge is 0.254 e. The fourth-order valence-electron chi connectivity index (χ4n) is 5.42. The zero-order chi connectivity index (χ0) is 22.0. The summed E-state index contributed by atoms with van der Waals surface area (Å²) in [4.78, 5) is 30.8. The van der Waals surface area contributed by atoms with Crippen LogP contribution >= 0.6 is 0 Å². The van der Waals surface area contributed by atoms with Gasteiger partial charge in [0, 0.05) is 36.7 Å². The third-order valence-electron chi connectivity index (χ3n) is 6.91. The molecule has 4 nitrogen and oxygen atoms in total. The molecule has 0 unspecified atom stereocenters. The van der Waals surface area contributed by atoms with E-state index in [2.05, 4.69) is 35.7 Å². The SMILES string of the molecule is C=C(C)C(=O)N1C[C@@H](c2ccccc2)[C@@]2(CCCCCN2C(=O)c2cccc(C)c2)C1. The molecule has 31 heavy (non-hydrogen) atoms. The van der Waals surface area contributed by atoms with Gasteiger partial charge in [0.15, 0.2) is 0 Å². The molecule has 2 saturated heterocycles. The Balaban J connectivity index is 1.81. The molecule has 162 valence electrons. The number of benzene rings is 2. The monoisotopic (exact) mass is 416 g/mol. The number of hydrogen-bond donors (Lipinski definition) is 0. The number of hydrogen-bond acceptors (Lipinski definition) is 2. The standard InChI is InChI=1S/C27H32N2O2/c1-20(2)25(30)28-18-24(22-12-6-4-7-13-22)27(19-28)15-8-5-9-16-29(27)26(31)23-14-10-11-21(3)17-23/h4,6-7,10-14,17,24H,1,5,8-9,15-16,18-19H2,2-3H3/t24-,27+/m0/s1. The Morgan fingerprint density at radius 1 is 1.03 bits per heavy atom. The molecule has 2 aromatic rings. The third-order valence-corrected chi connectivity index (χ3v) is 6.91. The molecule has 2 atom stereocenters. The zero-order valence-electron chi connectivity index (χ0n) is 18.6. The highest BCUT2D eigenvalue weighted by Gasteiger charge is 2.53. The average molecular weight is 417 g/mol. The van der Waals surface area contributed by atoms with Crippen LogP contribution in [0, 0.1) is 6.92 Å². The van der Waals surface area contributed by atoms with Crippen LogP contribution in [0.5, 0.6) is 0 Å². The van der Waals surface area contributed by atoms with Gasteiger partial charge >= 0.3 is 0 Å². The minimum absolute atomic E-state index is 0.00925. The van der Waals surface area contributed by atoms with Gasteiger partial charge in [-0.3, -0.25) is 9.59 Å². The van der Waals surface area contributed by atoms with E-state index in [-0.39, 0.29) is 17.7 Å². The predicted octanol–water partition coefficient (Wildman–Crippen LogP) is 4.95. The molecule has 2 aliphatic rings. The Kier molecular flexibility index (Phi) is 5.99. The van der Waals surface area contributed by atoms with Crippen LogP contribution < -0.4 is 0 Å². The molecule has 4 rings (SSSR count). The summed E-state index contributed by atoms with van der Waals surface area (Å²) in [6.45, 7) is 9.59. The number of nitrogens with zero attached hydrogens (tertiary/aromatic N) is 2. The summed E-state index contributed by atoms with van der Waals surface area (Å²) in [5.74, 6) is 0.157. The molecule has 4 heteroatoms. The first-order valence-corrected chi connectivity index (χ1v) is 11.3. The summed E-state index contributed by atoms with van der Waals surface area (Å²) < 4.78 is 0. The van der Waals surface area contributed by atoms with E-state index in [4.69, 9.17) is 0 Å². The molecular formula is C27H32N2O2. The van der Waals surface area contributed by atoms with E-state index in [0.717, 1.165) is 43.4 Å². The van der Waals surface area contributed by atoms with Crippen molar-refractivity contribution in [3.05, 3.63) is 83.4 Å². The van der Waals surface area contributed by atoms with Crippen molar-refractivity contribution < 1.29 is 9.59 Å². The normalized spacial score (nSPS) is 23.6. The number of carbonyl (C=O) groups excluding carboxylic acids is 2. The molecule has 1 spiro atoms. The second kappa shape index (κ2) is 8.70. The highest BCUT2D eigenvalue weighted by atomic mass is 16.2. The van der Waals surface area contributed by atoms with Crippen molar-refractivity contribution in [2.24, 2.45) is 0 Å². The lowest BCUT2D eigenvalue weighted by Gasteiger charge is -2.44. The average Bonchev–Trinajstić information content (AvgIpc) is 3.02. The van der Waals surface area contributed by atoms with Crippen molar-refractivity contribution in [2.75, 3.05) is 19.6 Å². The quantitative estimate of drug-likeness (QED) is 0.664. The van der Waals surface area contributed by atoms with Crippen molar-refractivity contribution in [1.29, 1.82) is 0 Å². The predicted molar refractivity (Wildman–Crippen MR) is 124 cm³/mol. The Morgan fingerprint density at radius 2 is 1.81 bits per heavy atom. The highest BCUT2D eigenvalue weighted by Crippen LogP contribution is 2.46. The van der Waals surface area contributed by atoms with Crippen LogP contribution in [0.3, 0.4) is 0 Å². The first-order valence-electron chi connectivity index (χ1n) is 11.3. The first-order chi connectivity index (χ1) is 14.9. The molecule has 0 N–H and O–H groups in total. The van der Waals surface area contributed by atoms with Gasteiger partial charge in [-0.05, 0) is 44.4 Å². The van der Waals surface area contributed by atoms with E-state index in [0.29, 0.717) is 18.7 Å². The van der Waals surface area contributed by atoms with Crippen molar-refractivity contribution in [2.45, 2.75) is 51.0 Å². The second-order valence-corrected chi connectivity index (χ2v) is 9.17. The molecule has 0 aromatic heterocycles. The molecule has 0 radical (unpaired) electrons. The maximum atomic E-state index is 13.9. The Morgan fingerprint density at radius 3 is 2.52 bits per heavy atom. The fraction of sp³-hybridized carbons (Fsp3) is 0.407. The van der Waals surface area contributed by atoms with Gasteiger partial charge in [-0.15, -0.1) is 0 Å². The van der Waals surface area contributed by atoms with Crippen LogP contribution in [0.2, 0.25) is 0 Å². The van der Waals surface area contributed by atoms with E-state index in [1.165, 1.54) is 5.56 Å². The minimum atomic E-state index is -0.399. The Labute approximate surface area is 185 Å². The van der Waals surface area contributed by atoms with Crippen molar-refractivity contribution in [3.8, 4) is 0 Å². The van der Waals surface area contributed by atoms with Crippen molar-refractivity contribution in [1.82, 2.24) is 9.80 Å². The maximum Gasteiger partial charge on any atom is 0.254 e. The number of aryl methyl sites for hydroxylation is 1. The van der Waals surface area contributed by atoms with E-state index in [1.807, 2.05) is 42.2 Å². The first kappa shape index (κ1) is 21.4. The zero-order valence-corrected chi connectivity index (χ0v) is 18.6. The molecular weight excluding hydrogens is 384 g/mol. The second-order valence-electron chi connectivity index (χ2n) is 9.17. The van der Waals surface area contributed by atoms with E-state index in [9.17, 15) is 9.59 Å². The topological polar surface area (TPSA) is 40.6 Å². The van der Waals surface area contributed by atoms with Crippen molar-refractivity contribution >= 4 is 11.8 Å². The van der Waals surface area contributed by atoms with Crippen LogP contribution in [-0.4, -0.2) is 46.8 Å². The number of likely N-dealkylation sites (tertiary alicyclic amines) is 2. The fourth-order valence-corrected chi connectivity index (χ4v) is 5.42. The van der Waals surface area contributed by atoms with E-state index < -0.39 is 5.54 Å². The Bertz CT molecular complexity index is 984. The molecule has 2 heterocycles. The molecule has 0 aliphatic carbocycles. The van der Waals surface area contributed by atoms with Gasteiger partial charge in [0.1, 0.15) is 0 Å². The molecule has 0 saturated carbocycles. The van der Waals surface area contributed by atoms with Gasteiger partial charge < -0.3 is 9.80 Å². The summed E-state index contributed by atoms with van der Waals surface area (Å²) in [5.41, 5.74) is 3.17. The number of rotatable bonds is 3. The summed E-state index contributed by atoms with van der Waals surface area (Å²) in [5, 5.41) is 0. The lowest BCUT2D eigenvalue weighted by Crippen LogP contribution is -2.56. The lowest BCUT2D eigenvalue weighted by molar-refractivity contribution is -0.126. The maximum absolute atomic E-state index is 13.9. The van der Waals surface area contributed by atoms with Gasteiger partial charge in [0.2, 0.25) is 5.91 Å². The number of amides is 2. The lowest BCUT2D eigenvalue weighted by atomic mass is 9.77. The van der Waals surface area contributed by atoms with Crippen LogP contribution in [0.15, 0.2) is 66.7 Å². The molecule has 2 aromatic carbocycles. The third kappa shape index (κ3) is 4.04. The van der Waals surface area contributed by atoms with Gasteiger partial charge in [0.25, 0.3) is 5.91 Å². The summed E-state index contributed by atoms with van der Waals surface area (Å²) in [7, 11) is 0. The summed E-state index contributed by atoms with van der Waals surface area (Å²) >= 11 is 0. The van der Waals surface area contributed by atoms with Crippen LogP contribution in [0.4, 0.5) is 0 Å². The van der Waals surface area contributed by atoms with Gasteiger partial charge in [-0.25, -0.2) is 0 Å². The molecule has 0 bridgehead atoms. The molecule has 2 fully saturated rings. The van der Waals surface area contributed by atoms with Gasteiger partial charge in [-0.1, -0.05) is 67.4 Å². The minimum Gasteiger partial charge on any atom is -0.336 e. The Hall–Kier alpha value is -2.88. The highest BCUT2D eigenvalue weighted by molar-refractivity contribution is 5.96. The molecule has 2 aliphatic heterocycles. The molecule has 2 amide bonds. The largest absolute Gasteiger partial charge is 0.336 e. The van der Waals surface area contributed by atoms with Gasteiger partial charge in [0.05, 0.1) is 5.54 Å². The van der Waals surface area contributed by atoms with Crippen LogP contribution in [0.1, 0.15) is 60.0 Å². The van der Waals surface area contributed by atoms with Crippen molar-refractivity contribution in [3.63, 3.8) is 0 Å². The number of carbonyl (C=O) groups is 2. The van der Waals surface area contributed by atoms with E-state index in [1.54, 1.807) is 6.92 Å². The summed E-state index contributed by atoms with van der Waals surface area (Å²) in [6, 6.07) is 18.3. The van der Waals surface area contributed by atoms with Crippen LogP contribution in [0.25, 0.3) is 0 Å². The van der Waals surface area contributed by atoms with Crippen LogP contribution in [-0.2, 0) is 4.79 Å². The summed E-state index contributed by atoms with van der Waals surface area (Å²) in [6.07, 6.45) is 4.07. The van der Waals surface area contributed by atoms with Gasteiger partial charge in [-0.2, -0.15) is 0 Å². The van der Waals surface area contributed by atoms with E-state index >= 15 is 0 Å².